The lowest BCUT2D eigenvalue weighted by atomic mass is 9.95. The topological polar surface area (TPSA) is 29.1 Å². The highest BCUT2D eigenvalue weighted by atomic mass is 79.9. The molecule has 1 N–H and O–H groups in total. The zero-order chi connectivity index (χ0) is 12.3. The van der Waals surface area contributed by atoms with Gasteiger partial charge in [0.1, 0.15) is 0 Å². The molecule has 0 unspecified atom stereocenters. The Balaban J connectivity index is 1.91. The number of hydrogen-bond donors (Lipinski definition) is 1. The van der Waals surface area contributed by atoms with Crippen LogP contribution in [0.1, 0.15) is 41.6 Å². The van der Waals surface area contributed by atoms with E-state index in [2.05, 4.69) is 21.2 Å². The van der Waals surface area contributed by atoms with Crippen LogP contribution in [0.4, 0.5) is 0 Å². The molecular weight excluding hydrogens is 278 g/mol. The molecule has 0 atom stereocenters. The third-order valence-electron chi connectivity index (χ3n) is 3.31. The van der Waals surface area contributed by atoms with Gasteiger partial charge in [-0.3, -0.25) is 4.79 Å². The lowest BCUT2D eigenvalue weighted by molar-refractivity contribution is 0.0928. The fraction of sp³-hybridized carbons (Fsp3) is 0.500. The zero-order valence-electron chi connectivity index (χ0n) is 10.1. The number of amides is 1. The molecule has 0 aliphatic heterocycles. The van der Waals surface area contributed by atoms with Gasteiger partial charge in [-0.25, -0.2) is 0 Å². The van der Waals surface area contributed by atoms with E-state index in [0.717, 1.165) is 31.2 Å². The fourth-order valence-electron chi connectivity index (χ4n) is 2.17. The number of benzene rings is 1. The van der Waals surface area contributed by atoms with Gasteiger partial charge in [0.05, 0.1) is 0 Å². The molecule has 0 heterocycles. The van der Waals surface area contributed by atoms with E-state index in [-0.39, 0.29) is 5.91 Å². The van der Waals surface area contributed by atoms with E-state index in [1.807, 2.05) is 31.2 Å². The molecule has 17 heavy (non-hydrogen) atoms. The maximum Gasteiger partial charge on any atom is 0.251 e. The lowest BCUT2D eigenvalue weighted by Gasteiger charge is -2.26. The maximum atomic E-state index is 12.0. The second-order valence-corrected chi connectivity index (χ2v) is 6.08. The van der Waals surface area contributed by atoms with Gasteiger partial charge in [-0.2, -0.15) is 0 Å². The Labute approximate surface area is 111 Å². The third-order valence-corrected chi connectivity index (χ3v) is 4.22. The average molecular weight is 296 g/mol. The number of carbonyl (C=O) groups excluding carboxylic acids is 1. The van der Waals surface area contributed by atoms with E-state index >= 15 is 0 Å². The van der Waals surface area contributed by atoms with Crippen molar-refractivity contribution in [3.63, 3.8) is 0 Å². The van der Waals surface area contributed by atoms with Crippen molar-refractivity contribution in [2.24, 2.45) is 0 Å². The molecule has 0 saturated heterocycles. The van der Waals surface area contributed by atoms with Gasteiger partial charge in [-0.1, -0.05) is 33.6 Å². The van der Waals surface area contributed by atoms with Crippen LogP contribution < -0.4 is 5.32 Å². The fourth-order valence-corrected chi connectivity index (χ4v) is 2.70. The molecule has 3 heteroatoms. The van der Waals surface area contributed by atoms with Crippen LogP contribution in [-0.4, -0.2) is 16.8 Å². The first kappa shape index (κ1) is 12.6. The molecule has 1 amide bonds. The summed E-state index contributed by atoms with van der Waals surface area (Å²) in [7, 11) is 0. The molecule has 1 aromatic rings. The molecule has 1 aromatic carbocycles. The Morgan fingerprint density at radius 3 is 2.35 bits per heavy atom. The molecule has 92 valence electrons. The molecule has 1 fully saturated rings. The summed E-state index contributed by atoms with van der Waals surface area (Å²) in [5.41, 5.74) is 1.94. The summed E-state index contributed by atoms with van der Waals surface area (Å²) in [6, 6.07) is 8.08. The van der Waals surface area contributed by atoms with Gasteiger partial charge in [-0.05, 0) is 44.7 Å². The van der Waals surface area contributed by atoms with E-state index in [9.17, 15) is 4.79 Å². The Morgan fingerprint density at radius 2 is 1.76 bits per heavy atom. The van der Waals surface area contributed by atoms with Gasteiger partial charge in [0.2, 0.25) is 0 Å². The van der Waals surface area contributed by atoms with Crippen molar-refractivity contribution in [2.45, 2.75) is 43.5 Å². The number of halogens is 1. The smallest absolute Gasteiger partial charge is 0.251 e. The van der Waals surface area contributed by atoms with Crippen LogP contribution in [0, 0.1) is 6.92 Å². The van der Waals surface area contributed by atoms with Crippen LogP contribution >= 0.6 is 15.9 Å². The summed E-state index contributed by atoms with van der Waals surface area (Å²) < 4.78 is 0. The second kappa shape index (κ2) is 5.67. The Kier molecular flexibility index (Phi) is 4.21. The van der Waals surface area contributed by atoms with Crippen molar-refractivity contribution in [1.29, 1.82) is 0 Å². The Bertz CT molecular complexity index is 380. The van der Waals surface area contributed by atoms with Gasteiger partial charge in [0.25, 0.3) is 5.91 Å². The van der Waals surface area contributed by atoms with Gasteiger partial charge in [0, 0.05) is 16.4 Å². The van der Waals surface area contributed by atoms with Crippen molar-refractivity contribution < 1.29 is 4.79 Å². The highest BCUT2D eigenvalue weighted by Crippen LogP contribution is 2.24. The SMILES string of the molecule is Cc1ccc(C(=O)NC2CCC(Br)CC2)cc1. The van der Waals surface area contributed by atoms with Crippen molar-refractivity contribution >= 4 is 21.8 Å². The third kappa shape index (κ3) is 3.56. The van der Waals surface area contributed by atoms with E-state index in [0.29, 0.717) is 10.9 Å². The van der Waals surface area contributed by atoms with Crippen LogP contribution in [0.2, 0.25) is 0 Å². The second-order valence-electron chi connectivity index (χ2n) is 4.79. The molecule has 1 aliphatic rings. The predicted octanol–water partition coefficient (Wildman–Crippen LogP) is 3.43. The van der Waals surface area contributed by atoms with Crippen LogP contribution in [0.3, 0.4) is 0 Å². The van der Waals surface area contributed by atoms with E-state index < -0.39 is 0 Å². The van der Waals surface area contributed by atoms with Crippen LogP contribution in [-0.2, 0) is 0 Å². The lowest BCUT2D eigenvalue weighted by Crippen LogP contribution is -2.37. The monoisotopic (exact) mass is 295 g/mol. The van der Waals surface area contributed by atoms with E-state index in [4.69, 9.17) is 0 Å². The number of aryl methyl sites for hydroxylation is 1. The summed E-state index contributed by atoms with van der Waals surface area (Å²) in [4.78, 5) is 12.6. The molecule has 1 saturated carbocycles. The van der Waals surface area contributed by atoms with Gasteiger partial charge < -0.3 is 5.32 Å². The highest BCUT2D eigenvalue weighted by molar-refractivity contribution is 9.09. The van der Waals surface area contributed by atoms with Crippen LogP contribution in [0.5, 0.6) is 0 Å². The molecule has 0 aromatic heterocycles. The Hall–Kier alpha value is -0.830. The van der Waals surface area contributed by atoms with Crippen LogP contribution in [0.15, 0.2) is 24.3 Å². The quantitative estimate of drug-likeness (QED) is 0.832. The maximum absolute atomic E-state index is 12.0. The minimum Gasteiger partial charge on any atom is -0.349 e. The number of nitrogens with one attached hydrogen (secondary N) is 1. The minimum absolute atomic E-state index is 0.0584. The Morgan fingerprint density at radius 1 is 1.18 bits per heavy atom. The number of alkyl halides is 1. The summed E-state index contributed by atoms with van der Waals surface area (Å²) in [5.74, 6) is 0.0584. The summed E-state index contributed by atoms with van der Waals surface area (Å²) >= 11 is 3.62. The van der Waals surface area contributed by atoms with Crippen molar-refractivity contribution in [1.82, 2.24) is 5.32 Å². The average Bonchev–Trinajstić information content (AvgIpc) is 2.33. The first-order valence-corrected chi connectivity index (χ1v) is 7.08. The van der Waals surface area contributed by atoms with Gasteiger partial charge >= 0.3 is 0 Å². The number of rotatable bonds is 2. The van der Waals surface area contributed by atoms with Crippen molar-refractivity contribution in [2.75, 3.05) is 0 Å². The minimum atomic E-state index is 0.0584. The van der Waals surface area contributed by atoms with Crippen LogP contribution in [0.25, 0.3) is 0 Å². The largest absolute Gasteiger partial charge is 0.349 e. The first-order valence-electron chi connectivity index (χ1n) is 6.17. The first-order chi connectivity index (χ1) is 8.15. The van der Waals surface area contributed by atoms with E-state index in [1.165, 1.54) is 5.56 Å². The summed E-state index contributed by atoms with van der Waals surface area (Å²) in [6.45, 7) is 2.03. The summed E-state index contributed by atoms with van der Waals surface area (Å²) in [6.07, 6.45) is 4.46. The molecule has 1 aliphatic carbocycles. The molecular formula is C14H18BrNO. The van der Waals surface area contributed by atoms with Crippen molar-refractivity contribution in [3.05, 3.63) is 35.4 Å². The van der Waals surface area contributed by atoms with Gasteiger partial charge in [-0.15, -0.1) is 0 Å². The molecule has 0 bridgehead atoms. The predicted molar refractivity (Wildman–Crippen MR) is 73.6 cm³/mol. The van der Waals surface area contributed by atoms with Gasteiger partial charge in [0.15, 0.2) is 0 Å². The number of carbonyl (C=O) groups is 1. The zero-order valence-corrected chi connectivity index (χ0v) is 11.7. The highest BCUT2D eigenvalue weighted by Gasteiger charge is 2.20. The number of hydrogen-bond acceptors (Lipinski definition) is 1. The summed E-state index contributed by atoms with van der Waals surface area (Å²) in [5, 5.41) is 3.12. The molecule has 2 nitrogen and oxygen atoms in total. The normalized spacial score (nSPS) is 24.4. The molecule has 0 spiro atoms. The van der Waals surface area contributed by atoms with Crippen molar-refractivity contribution in [3.8, 4) is 0 Å². The standard InChI is InChI=1S/C14H18BrNO/c1-10-2-4-11(5-3-10)14(17)16-13-8-6-12(15)7-9-13/h2-5,12-13H,6-9H2,1H3,(H,16,17). The van der Waals surface area contributed by atoms with E-state index in [1.54, 1.807) is 0 Å². The molecule has 2 rings (SSSR count). The molecule has 0 radical (unpaired) electrons.